The van der Waals surface area contributed by atoms with Crippen molar-refractivity contribution in [3.05, 3.63) is 29.3 Å². The molecule has 0 bridgehead atoms. The molecule has 0 aliphatic carbocycles. The Balaban J connectivity index is 2.14. The highest BCUT2D eigenvalue weighted by molar-refractivity contribution is 8.14. The number of carbonyl (C=O) groups is 1. The van der Waals surface area contributed by atoms with E-state index >= 15 is 0 Å². The Hall–Kier alpha value is -1.49. The summed E-state index contributed by atoms with van der Waals surface area (Å²) < 4.78 is 0. The molecular formula is C16H23N3OS. The van der Waals surface area contributed by atoms with Gasteiger partial charge in [-0.2, -0.15) is 0 Å². The molecule has 1 aromatic rings. The molecule has 1 aliphatic rings. The molecule has 0 aromatic heterocycles. The van der Waals surface area contributed by atoms with Gasteiger partial charge in [-0.3, -0.25) is 9.89 Å². The van der Waals surface area contributed by atoms with Gasteiger partial charge in [0, 0.05) is 17.0 Å². The van der Waals surface area contributed by atoms with Crippen molar-refractivity contribution in [1.82, 2.24) is 4.90 Å². The van der Waals surface area contributed by atoms with Crippen LogP contribution in [-0.4, -0.2) is 33.9 Å². The molecule has 0 saturated heterocycles. The predicted octanol–water partition coefficient (Wildman–Crippen LogP) is 4.04. The maximum absolute atomic E-state index is 12.6. The van der Waals surface area contributed by atoms with Crippen molar-refractivity contribution in [1.29, 1.82) is 0 Å². The average Bonchev–Trinajstić information content (AvgIpc) is 2.80. The second-order valence-corrected chi connectivity index (χ2v) is 7.15. The van der Waals surface area contributed by atoms with Gasteiger partial charge in [0.2, 0.25) is 0 Å². The van der Waals surface area contributed by atoms with Crippen molar-refractivity contribution >= 4 is 28.6 Å². The summed E-state index contributed by atoms with van der Waals surface area (Å²) in [6.45, 7) is 11.0. The highest BCUT2D eigenvalue weighted by Crippen LogP contribution is 2.25. The van der Waals surface area contributed by atoms with Gasteiger partial charge in [0.25, 0.3) is 0 Å². The number of aryl methyl sites for hydroxylation is 2. The van der Waals surface area contributed by atoms with Crippen LogP contribution >= 0.6 is 11.8 Å². The number of amides is 2. The Morgan fingerprint density at radius 3 is 2.62 bits per heavy atom. The second-order valence-electron chi connectivity index (χ2n) is 5.74. The summed E-state index contributed by atoms with van der Waals surface area (Å²) >= 11 is 1.66. The average molecular weight is 305 g/mol. The fraction of sp³-hybridized carbons (Fsp3) is 0.500. The minimum absolute atomic E-state index is 0.0769. The highest BCUT2D eigenvalue weighted by atomic mass is 32.2. The predicted molar refractivity (Wildman–Crippen MR) is 91.3 cm³/mol. The number of rotatable bonds is 2. The molecule has 1 heterocycles. The lowest BCUT2D eigenvalue weighted by atomic mass is 10.1. The quantitative estimate of drug-likeness (QED) is 0.896. The first-order valence-corrected chi connectivity index (χ1v) is 8.15. The van der Waals surface area contributed by atoms with E-state index in [0.717, 1.165) is 17.4 Å². The van der Waals surface area contributed by atoms with E-state index in [0.29, 0.717) is 5.25 Å². The molecule has 114 valence electrons. The minimum atomic E-state index is -0.117. The molecule has 21 heavy (non-hydrogen) atoms. The van der Waals surface area contributed by atoms with E-state index in [1.165, 1.54) is 11.1 Å². The molecule has 0 fully saturated rings. The third-order valence-electron chi connectivity index (χ3n) is 3.49. The number of anilines is 1. The van der Waals surface area contributed by atoms with Crippen molar-refractivity contribution in [2.75, 3.05) is 11.9 Å². The number of amidine groups is 1. The summed E-state index contributed by atoms with van der Waals surface area (Å²) in [5.41, 5.74) is 3.22. The SMILES string of the molecule is Cc1ccc(NC(=O)N(C2=NCC(C)S2)C(C)C)cc1C. The number of thioether (sulfide) groups is 1. The van der Waals surface area contributed by atoms with Gasteiger partial charge in [-0.1, -0.05) is 24.8 Å². The standard InChI is InChI=1S/C16H23N3OS/c1-10(2)19(16-17-9-13(5)21-16)15(20)18-14-7-6-11(3)12(4)8-14/h6-8,10,13H,9H2,1-5H3,(H,18,20). The maximum atomic E-state index is 12.6. The van der Waals surface area contributed by atoms with Gasteiger partial charge in [0.05, 0.1) is 6.54 Å². The van der Waals surface area contributed by atoms with Gasteiger partial charge >= 0.3 is 6.03 Å². The number of hydrogen-bond acceptors (Lipinski definition) is 3. The molecule has 1 atom stereocenters. The second kappa shape index (κ2) is 6.52. The number of carbonyl (C=O) groups excluding carboxylic acids is 1. The van der Waals surface area contributed by atoms with Crippen LogP contribution in [-0.2, 0) is 0 Å². The van der Waals surface area contributed by atoms with E-state index < -0.39 is 0 Å². The first-order chi connectivity index (χ1) is 9.88. The van der Waals surface area contributed by atoms with Crippen molar-refractivity contribution in [2.45, 2.75) is 45.9 Å². The normalized spacial score (nSPS) is 17.8. The first-order valence-electron chi connectivity index (χ1n) is 7.27. The molecule has 1 unspecified atom stereocenters. The lowest BCUT2D eigenvalue weighted by Gasteiger charge is -2.26. The lowest BCUT2D eigenvalue weighted by molar-refractivity contribution is 0.227. The largest absolute Gasteiger partial charge is 0.328 e. The smallest absolute Gasteiger partial charge is 0.307 e. The Morgan fingerprint density at radius 1 is 1.38 bits per heavy atom. The van der Waals surface area contributed by atoms with Crippen LogP contribution in [0.15, 0.2) is 23.2 Å². The van der Waals surface area contributed by atoms with Crippen molar-refractivity contribution < 1.29 is 4.79 Å². The van der Waals surface area contributed by atoms with Crippen LogP contribution in [0.5, 0.6) is 0 Å². The molecule has 2 rings (SSSR count). The summed E-state index contributed by atoms with van der Waals surface area (Å²) in [6.07, 6.45) is 0. The van der Waals surface area contributed by atoms with Gasteiger partial charge in [-0.25, -0.2) is 4.79 Å². The zero-order valence-corrected chi connectivity index (χ0v) is 14.1. The van der Waals surface area contributed by atoms with Crippen LogP contribution in [0.2, 0.25) is 0 Å². The summed E-state index contributed by atoms with van der Waals surface area (Å²) in [5.74, 6) is 0. The van der Waals surface area contributed by atoms with Gasteiger partial charge in [-0.05, 0) is 51.0 Å². The third kappa shape index (κ3) is 3.79. The van der Waals surface area contributed by atoms with Gasteiger partial charge in [-0.15, -0.1) is 0 Å². The molecule has 2 amide bonds. The van der Waals surface area contributed by atoms with Crippen LogP contribution < -0.4 is 5.32 Å². The Morgan fingerprint density at radius 2 is 2.10 bits per heavy atom. The number of aliphatic imine (C=N–C) groups is 1. The molecule has 4 nitrogen and oxygen atoms in total. The minimum Gasteiger partial charge on any atom is -0.307 e. The van der Waals surface area contributed by atoms with Crippen LogP contribution in [0.3, 0.4) is 0 Å². The number of benzene rings is 1. The Kier molecular flexibility index (Phi) is 4.93. The molecule has 1 aromatic carbocycles. The Bertz CT molecular complexity index is 569. The van der Waals surface area contributed by atoms with Crippen molar-refractivity contribution in [3.8, 4) is 0 Å². The van der Waals surface area contributed by atoms with Crippen LogP contribution in [0.25, 0.3) is 0 Å². The summed E-state index contributed by atoms with van der Waals surface area (Å²) in [7, 11) is 0. The van der Waals surface area contributed by atoms with Crippen LogP contribution in [0.1, 0.15) is 31.9 Å². The number of urea groups is 1. The van der Waals surface area contributed by atoms with Gasteiger partial charge in [0.15, 0.2) is 5.17 Å². The summed E-state index contributed by atoms with van der Waals surface area (Å²) in [6, 6.07) is 5.92. The number of hydrogen-bond donors (Lipinski definition) is 1. The first kappa shape index (κ1) is 15.9. The number of nitrogens with one attached hydrogen (secondary N) is 1. The topological polar surface area (TPSA) is 44.7 Å². The summed E-state index contributed by atoms with van der Waals surface area (Å²) in [5, 5.41) is 4.23. The van der Waals surface area contributed by atoms with Crippen molar-refractivity contribution in [3.63, 3.8) is 0 Å². The summed E-state index contributed by atoms with van der Waals surface area (Å²) in [4.78, 5) is 18.8. The molecular weight excluding hydrogens is 282 g/mol. The number of nitrogens with zero attached hydrogens (tertiary/aromatic N) is 2. The van der Waals surface area contributed by atoms with E-state index in [2.05, 4.69) is 24.2 Å². The molecule has 5 heteroatoms. The van der Waals surface area contributed by atoms with Gasteiger partial charge in [0.1, 0.15) is 0 Å². The van der Waals surface area contributed by atoms with E-state index in [1.54, 1.807) is 16.7 Å². The zero-order chi connectivity index (χ0) is 15.6. The van der Waals surface area contributed by atoms with Crippen molar-refractivity contribution in [2.24, 2.45) is 4.99 Å². The van der Waals surface area contributed by atoms with Crippen LogP contribution in [0, 0.1) is 13.8 Å². The Labute approximate surface area is 131 Å². The maximum Gasteiger partial charge on any atom is 0.328 e. The lowest BCUT2D eigenvalue weighted by Crippen LogP contribution is -2.42. The zero-order valence-electron chi connectivity index (χ0n) is 13.3. The molecule has 0 radical (unpaired) electrons. The van der Waals surface area contributed by atoms with Gasteiger partial charge < -0.3 is 5.32 Å². The molecule has 0 spiro atoms. The van der Waals surface area contributed by atoms with E-state index in [1.807, 2.05) is 39.0 Å². The third-order valence-corrected chi connectivity index (χ3v) is 4.58. The van der Waals surface area contributed by atoms with E-state index in [4.69, 9.17) is 0 Å². The molecule has 0 saturated carbocycles. The monoisotopic (exact) mass is 305 g/mol. The molecule has 1 aliphatic heterocycles. The molecule has 1 N–H and O–H groups in total. The van der Waals surface area contributed by atoms with E-state index in [-0.39, 0.29) is 12.1 Å². The highest BCUT2D eigenvalue weighted by Gasteiger charge is 2.27. The van der Waals surface area contributed by atoms with E-state index in [9.17, 15) is 4.79 Å². The fourth-order valence-corrected chi connectivity index (χ4v) is 3.20. The fourth-order valence-electron chi connectivity index (χ4n) is 2.14. The van der Waals surface area contributed by atoms with Crippen LogP contribution in [0.4, 0.5) is 10.5 Å².